The molecule has 3 heterocycles. The third-order valence-corrected chi connectivity index (χ3v) is 4.71. The summed E-state index contributed by atoms with van der Waals surface area (Å²) in [5, 5.41) is 6.68. The number of nitrogens with one attached hydrogen (secondary N) is 2. The quantitative estimate of drug-likeness (QED) is 0.672. The van der Waals surface area contributed by atoms with Crippen LogP contribution in [0.2, 0.25) is 10.0 Å². The second kappa shape index (κ2) is 8.16. The molecule has 7 nitrogen and oxygen atoms in total. The van der Waals surface area contributed by atoms with E-state index in [2.05, 4.69) is 15.6 Å². The fourth-order valence-electron chi connectivity index (χ4n) is 2.90. The third kappa shape index (κ3) is 4.26. The van der Waals surface area contributed by atoms with Crippen molar-refractivity contribution >= 4 is 34.9 Å². The first-order chi connectivity index (χ1) is 13.6. The molecule has 2 aromatic heterocycles. The molecule has 146 valence electrons. The van der Waals surface area contributed by atoms with Crippen LogP contribution in [0.15, 0.2) is 36.7 Å². The number of nitrogens with zero attached hydrogens (tertiary/aromatic N) is 2. The summed E-state index contributed by atoms with van der Waals surface area (Å²) in [6.45, 7) is 1.75. The average molecular weight is 421 g/mol. The molecule has 2 N–H and O–H groups in total. The lowest BCUT2D eigenvalue weighted by molar-refractivity contribution is 0.240. The van der Waals surface area contributed by atoms with Gasteiger partial charge in [0, 0.05) is 25.4 Å². The summed E-state index contributed by atoms with van der Waals surface area (Å²) in [6, 6.07) is 6.88. The Kier molecular flexibility index (Phi) is 5.45. The molecule has 1 aliphatic rings. The SMILES string of the molecule is O=C(NCc1cc(Cl)c2c(c1)OCCCO2)NCc1cn2cc(Cl)ccc2n1. The van der Waals surface area contributed by atoms with E-state index in [0.717, 1.165) is 23.3 Å². The summed E-state index contributed by atoms with van der Waals surface area (Å²) in [6.07, 6.45) is 4.39. The number of carbonyl (C=O) groups excluding carboxylic acids is 1. The van der Waals surface area contributed by atoms with Gasteiger partial charge in [-0.05, 0) is 29.8 Å². The number of urea groups is 1. The molecule has 1 aliphatic heterocycles. The predicted molar refractivity (Wildman–Crippen MR) is 106 cm³/mol. The summed E-state index contributed by atoms with van der Waals surface area (Å²) in [4.78, 5) is 16.5. The number of fused-ring (bicyclic) bond motifs is 2. The minimum absolute atomic E-state index is 0.299. The number of aromatic nitrogens is 2. The van der Waals surface area contributed by atoms with Gasteiger partial charge in [-0.25, -0.2) is 9.78 Å². The first-order valence-electron chi connectivity index (χ1n) is 8.81. The molecule has 2 amide bonds. The van der Waals surface area contributed by atoms with Crippen molar-refractivity contribution in [3.63, 3.8) is 0 Å². The zero-order valence-corrected chi connectivity index (χ0v) is 16.4. The fraction of sp³-hybridized carbons (Fsp3) is 0.263. The highest BCUT2D eigenvalue weighted by Gasteiger charge is 2.16. The van der Waals surface area contributed by atoms with Crippen LogP contribution in [-0.4, -0.2) is 28.6 Å². The van der Waals surface area contributed by atoms with Crippen molar-refractivity contribution in [1.29, 1.82) is 0 Å². The molecule has 0 atom stereocenters. The van der Waals surface area contributed by atoms with Gasteiger partial charge in [0.2, 0.25) is 0 Å². The Labute approximate surface area is 171 Å². The van der Waals surface area contributed by atoms with Gasteiger partial charge in [-0.3, -0.25) is 0 Å². The van der Waals surface area contributed by atoms with Crippen LogP contribution in [0.4, 0.5) is 4.79 Å². The number of amides is 2. The molecule has 0 bridgehead atoms. The summed E-state index contributed by atoms with van der Waals surface area (Å²) < 4.78 is 13.1. The molecule has 0 saturated carbocycles. The van der Waals surface area contributed by atoms with Gasteiger partial charge in [0.1, 0.15) is 5.65 Å². The van der Waals surface area contributed by atoms with Crippen molar-refractivity contribution in [2.45, 2.75) is 19.5 Å². The summed E-state index contributed by atoms with van der Waals surface area (Å²) >= 11 is 12.2. The van der Waals surface area contributed by atoms with E-state index < -0.39 is 0 Å². The molecule has 0 radical (unpaired) electrons. The highest BCUT2D eigenvalue weighted by molar-refractivity contribution is 6.32. The average Bonchev–Trinajstić information content (AvgIpc) is 2.91. The summed E-state index contributed by atoms with van der Waals surface area (Å²) in [5.41, 5.74) is 2.33. The molecule has 0 spiro atoms. The number of hydrogen-bond acceptors (Lipinski definition) is 4. The highest BCUT2D eigenvalue weighted by atomic mass is 35.5. The van der Waals surface area contributed by atoms with Gasteiger partial charge in [0.25, 0.3) is 0 Å². The van der Waals surface area contributed by atoms with Crippen molar-refractivity contribution in [2.75, 3.05) is 13.2 Å². The van der Waals surface area contributed by atoms with Crippen LogP contribution in [0.3, 0.4) is 0 Å². The summed E-state index contributed by atoms with van der Waals surface area (Å²) in [7, 11) is 0. The van der Waals surface area contributed by atoms with E-state index in [0.29, 0.717) is 47.8 Å². The lowest BCUT2D eigenvalue weighted by Crippen LogP contribution is -2.34. The zero-order chi connectivity index (χ0) is 19.5. The standard InChI is InChI=1S/C19H18Cl2N4O3/c20-13-2-3-17-24-14(11-25(17)10-13)9-23-19(26)22-8-12-6-15(21)18-16(7-12)27-4-1-5-28-18/h2-3,6-7,10-11H,1,4-5,8-9H2,(H2,22,23,26). The highest BCUT2D eigenvalue weighted by Crippen LogP contribution is 2.37. The van der Waals surface area contributed by atoms with E-state index in [4.69, 9.17) is 32.7 Å². The lowest BCUT2D eigenvalue weighted by atomic mass is 10.2. The normalized spacial score (nSPS) is 13.2. The molecule has 1 aromatic carbocycles. The molecular weight excluding hydrogens is 403 g/mol. The minimum Gasteiger partial charge on any atom is -0.489 e. The summed E-state index contributed by atoms with van der Waals surface area (Å²) in [5.74, 6) is 1.16. The Morgan fingerprint density at radius 3 is 2.82 bits per heavy atom. The maximum absolute atomic E-state index is 12.1. The number of pyridine rings is 1. The Hall–Kier alpha value is -2.64. The molecule has 0 aliphatic carbocycles. The Morgan fingerprint density at radius 1 is 1.11 bits per heavy atom. The van der Waals surface area contributed by atoms with Gasteiger partial charge in [-0.15, -0.1) is 0 Å². The smallest absolute Gasteiger partial charge is 0.315 e. The first kappa shape index (κ1) is 18.7. The van der Waals surface area contributed by atoms with E-state index in [9.17, 15) is 4.79 Å². The molecule has 0 unspecified atom stereocenters. The second-order valence-corrected chi connectivity index (χ2v) is 7.18. The molecule has 3 aromatic rings. The van der Waals surface area contributed by atoms with Gasteiger partial charge in [0.15, 0.2) is 11.5 Å². The topological polar surface area (TPSA) is 76.9 Å². The molecular formula is C19H18Cl2N4O3. The van der Waals surface area contributed by atoms with Crippen molar-refractivity contribution in [3.05, 3.63) is 58.0 Å². The Balaban J connectivity index is 1.34. The van der Waals surface area contributed by atoms with Crippen molar-refractivity contribution in [3.8, 4) is 11.5 Å². The minimum atomic E-state index is -0.307. The Bertz CT molecular complexity index is 1020. The van der Waals surface area contributed by atoms with Crippen LogP contribution >= 0.6 is 23.2 Å². The molecule has 28 heavy (non-hydrogen) atoms. The van der Waals surface area contributed by atoms with Crippen molar-refractivity contribution < 1.29 is 14.3 Å². The number of hydrogen-bond donors (Lipinski definition) is 2. The third-order valence-electron chi connectivity index (χ3n) is 4.21. The zero-order valence-electron chi connectivity index (χ0n) is 14.9. The van der Waals surface area contributed by atoms with E-state index in [-0.39, 0.29) is 6.03 Å². The lowest BCUT2D eigenvalue weighted by Gasteiger charge is -2.12. The van der Waals surface area contributed by atoms with Crippen LogP contribution in [-0.2, 0) is 13.1 Å². The second-order valence-electron chi connectivity index (χ2n) is 6.34. The number of imidazole rings is 1. The van der Waals surface area contributed by atoms with E-state index in [1.54, 1.807) is 18.3 Å². The van der Waals surface area contributed by atoms with Crippen LogP contribution in [0.1, 0.15) is 17.7 Å². The van der Waals surface area contributed by atoms with Crippen LogP contribution in [0.25, 0.3) is 5.65 Å². The van der Waals surface area contributed by atoms with E-state index >= 15 is 0 Å². The van der Waals surface area contributed by atoms with E-state index in [1.165, 1.54) is 0 Å². The number of halogens is 2. The van der Waals surface area contributed by atoms with Gasteiger partial charge in [-0.2, -0.15) is 0 Å². The van der Waals surface area contributed by atoms with Gasteiger partial charge >= 0.3 is 6.03 Å². The van der Waals surface area contributed by atoms with Crippen molar-refractivity contribution in [1.82, 2.24) is 20.0 Å². The van der Waals surface area contributed by atoms with Crippen LogP contribution < -0.4 is 20.1 Å². The molecule has 9 heteroatoms. The first-order valence-corrected chi connectivity index (χ1v) is 9.57. The van der Waals surface area contributed by atoms with Crippen molar-refractivity contribution in [2.24, 2.45) is 0 Å². The molecule has 4 rings (SSSR count). The molecule has 0 saturated heterocycles. The van der Waals surface area contributed by atoms with Gasteiger partial charge in [-0.1, -0.05) is 23.2 Å². The number of benzene rings is 1. The fourth-order valence-corrected chi connectivity index (χ4v) is 3.36. The maximum Gasteiger partial charge on any atom is 0.315 e. The number of carbonyl (C=O) groups is 1. The Morgan fingerprint density at radius 2 is 1.93 bits per heavy atom. The van der Waals surface area contributed by atoms with Crippen LogP contribution in [0, 0.1) is 0 Å². The van der Waals surface area contributed by atoms with Gasteiger partial charge in [0.05, 0.1) is 35.5 Å². The predicted octanol–water partition coefficient (Wildman–Crippen LogP) is 3.80. The largest absolute Gasteiger partial charge is 0.489 e. The van der Waals surface area contributed by atoms with E-state index in [1.807, 2.05) is 22.7 Å². The maximum atomic E-state index is 12.1. The monoisotopic (exact) mass is 420 g/mol. The van der Waals surface area contributed by atoms with Crippen LogP contribution in [0.5, 0.6) is 11.5 Å². The van der Waals surface area contributed by atoms with Gasteiger partial charge < -0.3 is 24.5 Å². The molecule has 0 fully saturated rings. The number of ether oxygens (including phenoxy) is 2. The number of rotatable bonds is 4.